The molecule has 0 fully saturated rings. The van der Waals surface area contributed by atoms with Crippen LogP contribution in [0.2, 0.25) is 0 Å². The van der Waals surface area contributed by atoms with Crippen molar-refractivity contribution in [2.24, 2.45) is 0 Å². The number of hydrogen-bond donors (Lipinski definition) is 2. The summed E-state index contributed by atoms with van der Waals surface area (Å²) in [5.74, 6) is 0. The molecule has 0 radical (unpaired) electrons. The molecular weight excluding hydrogens is 262 g/mol. The van der Waals surface area contributed by atoms with Gasteiger partial charge in [0.1, 0.15) is 0 Å². The molecule has 0 spiro atoms. The van der Waals surface area contributed by atoms with Crippen LogP contribution in [0.25, 0.3) is 0 Å². The molecular formula is C14H19NOS2. The Morgan fingerprint density at radius 1 is 1.33 bits per heavy atom. The Labute approximate surface area is 116 Å². The van der Waals surface area contributed by atoms with Gasteiger partial charge in [0.05, 0.1) is 6.10 Å². The monoisotopic (exact) mass is 281 g/mol. The predicted molar refractivity (Wildman–Crippen MR) is 79.3 cm³/mol. The van der Waals surface area contributed by atoms with Gasteiger partial charge >= 0.3 is 0 Å². The molecule has 2 aromatic heterocycles. The van der Waals surface area contributed by atoms with Gasteiger partial charge in [0.15, 0.2) is 0 Å². The maximum atomic E-state index is 10.1. The van der Waals surface area contributed by atoms with E-state index in [9.17, 15) is 5.11 Å². The molecule has 98 valence electrons. The van der Waals surface area contributed by atoms with Gasteiger partial charge < -0.3 is 10.4 Å². The summed E-state index contributed by atoms with van der Waals surface area (Å²) >= 11 is 3.44. The Kier molecular flexibility index (Phi) is 4.95. The summed E-state index contributed by atoms with van der Waals surface area (Å²) < 4.78 is 0. The van der Waals surface area contributed by atoms with E-state index in [1.807, 2.05) is 28.8 Å². The Morgan fingerprint density at radius 3 is 2.78 bits per heavy atom. The quantitative estimate of drug-likeness (QED) is 0.846. The van der Waals surface area contributed by atoms with Crippen LogP contribution in [0.1, 0.15) is 34.1 Å². The normalized spacial score (nSPS) is 14.6. The topological polar surface area (TPSA) is 32.3 Å². The summed E-state index contributed by atoms with van der Waals surface area (Å²) in [7, 11) is 0. The number of nitrogens with one attached hydrogen (secondary N) is 1. The molecule has 2 unspecified atom stereocenters. The fourth-order valence-electron chi connectivity index (χ4n) is 1.87. The Morgan fingerprint density at radius 2 is 2.17 bits per heavy atom. The smallest absolute Gasteiger partial charge is 0.0896 e. The molecule has 0 saturated heterocycles. The third kappa shape index (κ3) is 3.92. The SMILES string of the molecule is Cc1ccc(CNC(C)CC(O)c2cccs2)s1. The highest BCUT2D eigenvalue weighted by Gasteiger charge is 2.13. The van der Waals surface area contributed by atoms with Crippen molar-refractivity contribution in [3.63, 3.8) is 0 Å². The summed E-state index contributed by atoms with van der Waals surface area (Å²) in [5, 5.41) is 15.5. The molecule has 2 atom stereocenters. The third-order valence-corrected chi connectivity index (χ3v) is 4.84. The standard InChI is InChI=1S/C14H19NOS2/c1-10(8-13(16)14-4-3-7-17-14)15-9-12-6-5-11(2)18-12/h3-7,10,13,15-16H,8-9H2,1-2H3. The van der Waals surface area contributed by atoms with Gasteiger partial charge in [-0.1, -0.05) is 6.07 Å². The van der Waals surface area contributed by atoms with Gasteiger partial charge in [0, 0.05) is 27.2 Å². The van der Waals surface area contributed by atoms with E-state index in [1.165, 1.54) is 9.75 Å². The fourth-order valence-corrected chi connectivity index (χ4v) is 3.44. The lowest BCUT2D eigenvalue weighted by molar-refractivity contribution is 0.157. The largest absolute Gasteiger partial charge is 0.388 e. The number of aliphatic hydroxyl groups is 1. The molecule has 0 aromatic carbocycles. The zero-order valence-corrected chi connectivity index (χ0v) is 12.4. The van der Waals surface area contributed by atoms with Crippen molar-refractivity contribution in [1.82, 2.24) is 5.32 Å². The minimum Gasteiger partial charge on any atom is -0.388 e. The lowest BCUT2D eigenvalue weighted by Gasteiger charge is -2.16. The maximum absolute atomic E-state index is 10.1. The van der Waals surface area contributed by atoms with Crippen LogP contribution in [0.5, 0.6) is 0 Å². The Bertz CT molecular complexity index is 464. The molecule has 0 saturated carbocycles. The van der Waals surface area contributed by atoms with Gasteiger partial charge in [0.2, 0.25) is 0 Å². The molecule has 0 aliphatic heterocycles. The van der Waals surface area contributed by atoms with E-state index in [-0.39, 0.29) is 6.10 Å². The molecule has 2 N–H and O–H groups in total. The Balaban J connectivity index is 1.76. The van der Waals surface area contributed by atoms with Crippen LogP contribution in [-0.2, 0) is 6.54 Å². The van der Waals surface area contributed by atoms with Crippen LogP contribution in [0.3, 0.4) is 0 Å². The number of aliphatic hydroxyl groups excluding tert-OH is 1. The lowest BCUT2D eigenvalue weighted by atomic mass is 10.1. The minimum atomic E-state index is -0.349. The summed E-state index contributed by atoms with van der Waals surface area (Å²) in [5.41, 5.74) is 0. The number of hydrogen-bond acceptors (Lipinski definition) is 4. The number of rotatable bonds is 6. The van der Waals surface area contributed by atoms with E-state index in [0.29, 0.717) is 6.04 Å². The molecule has 18 heavy (non-hydrogen) atoms. The zero-order valence-electron chi connectivity index (χ0n) is 10.7. The Hall–Kier alpha value is -0.680. The third-order valence-electron chi connectivity index (χ3n) is 2.87. The molecule has 2 heterocycles. The summed E-state index contributed by atoms with van der Waals surface area (Å²) in [4.78, 5) is 3.75. The van der Waals surface area contributed by atoms with E-state index in [1.54, 1.807) is 11.3 Å². The summed E-state index contributed by atoms with van der Waals surface area (Å²) in [6.45, 7) is 5.13. The average Bonchev–Trinajstić information content (AvgIpc) is 2.97. The minimum absolute atomic E-state index is 0.310. The van der Waals surface area contributed by atoms with E-state index < -0.39 is 0 Å². The molecule has 0 bridgehead atoms. The van der Waals surface area contributed by atoms with E-state index in [4.69, 9.17) is 0 Å². The van der Waals surface area contributed by atoms with Crippen LogP contribution >= 0.6 is 22.7 Å². The zero-order chi connectivity index (χ0) is 13.0. The van der Waals surface area contributed by atoms with Crippen molar-refractivity contribution < 1.29 is 5.11 Å². The van der Waals surface area contributed by atoms with Crippen molar-refractivity contribution in [2.75, 3.05) is 0 Å². The first-order chi connectivity index (χ1) is 8.65. The van der Waals surface area contributed by atoms with Gasteiger partial charge in [-0.3, -0.25) is 0 Å². The second-order valence-electron chi connectivity index (χ2n) is 4.56. The highest BCUT2D eigenvalue weighted by molar-refractivity contribution is 7.11. The van der Waals surface area contributed by atoms with Crippen molar-refractivity contribution in [2.45, 2.75) is 39.0 Å². The van der Waals surface area contributed by atoms with E-state index in [0.717, 1.165) is 17.8 Å². The first-order valence-corrected chi connectivity index (χ1v) is 7.85. The van der Waals surface area contributed by atoms with Gasteiger partial charge in [-0.2, -0.15) is 0 Å². The average molecular weight is 281 g/mol. The fraction of sp³-hybridized carbons (Fsp3) is 0.429. The first kappa shape index (κ1) is 13.7. The van der Waals surface area contributed by atoms with Gasteiger partial charge in [0.25, 0.3) is 0 Å². The molecule has 2 nitrogen and oxygen atoms in total. The first-order valence-electron chi connectivity index (χ1n) is 6.15. The number of aryl methyl sites for hydroxylation is 1. The van der Waals surface area contributed by atoms with Crippen LogP contribution in [0, 0.1) is 6.92 Å². The van der Waals surface area contributed by atoms with E-state index >= 15 is 0 Å². The second-order valence-corrected chi connectivity index (χ2v) is 6.91. The van der Waals surface area contributed by atoms with Crippen molar-refractivity contribution >= 4 is 22.7 Å². The molecule has 0 aliphatic rings. The van der Waals surface area contributed by atoms with Crippen LogP contribution in [0.4, 0.5) is 0 Å². The summed E-state index contributed by atoms with van der Waals surface area (Å²) in [6.07, 6.45) is 0.405. The van der Waals surface area contributed by atoms with Crippen molar-refractivity contribution in [3.8, 4) is 0 Å². The number of thiophene rings is 2. The van der Waals surface area contributed by atoms with Crippen LogP contribution in [-0.4, -0.2) is 11.1 Å². The highest BCUT2D eigenvalue weighted by atomic mass is 32.1. The van der Waals surface area contributed by atoms with Crippen LogP contribution in [0.15, 0.2) is 29.6 Å². The molecule has 0 amide bonds. The van der Waals surface area contributed by atoms with Crippen molar-refractivity contribution in [1.29, 1.82) is 0 Å². The van der Waals surface area contributed by atoms with Gasteiger partial charge in [-0.25, -0.2) is 0 Å². The molecule has 4 heteroatoms. The molecule has 0 aliphatic carbocycles. The summed E-state index contributed by atoms with van der Waals surface area (Å²) in [6, 6.07) is 8.59. The van der Waals surface area contributed by atoms with E-state index in [2.05, 4.69) is 31.3 Å². The predicted octanol–water partition coefficient (Wildman–Crippen LogP) is 3.72. The lowest BCUT2D eigenvalue weighted by Crippen LogP contribution is -2.26. The second kappa shape index (κ2) is 6.48. The van der Waals surface area contributed by atoms with Crippen LogP contribution < -0.4 is 5.32 Å². The molecule has 2 aromatic rings. The van der Waals surface area contributed by atoms with Crippen molar-refractivity contribution in [3.05, 3.63) is 44.3 Å². The molecule has 2 rings (SSSR count). The highest BCUT2D eigenvalue weighted by Crippen LogP contribution is 2.23. The van der Waals surface area contributed by atoms with Gasteiger partial charge in [-0.05, 0) is 43.8 Å². The van der Waals surface area contributed by atoms with Gasteiger partial charge in [-0.15, -0.1) is 22.7 Å². The maximum Gasteiger partial charge on any atom is 0.0896 e.